The highest BCUT2D eigenvalue weighted by Crippen LogP contribution is 2.49. The molecule has 0 rings (SSSR count). The van der Waals surface area contributed by atoms with E-state index >= 15 is 0 Å². The van der Waals surface area contributed by atoms with E-state index in [4.69, 9.17) is 29.2 Å². The molecule has 3 nitrogen and oxygen atoms in total. The van der Waals surface area contributed by atoms with Gasteiger partial charge < -0.3 is 14.9 Å². The molecule has 0 aromatic rings. The van der Waals surface area contributed by atoms with Gasteiger partial charge in [-0.1, -0.05) is 175 Å². The van der Waals surface area contributed by atoms with Crippen molar-refractivity contribution >= 4 is 34.5 Å². The molecule has 41 heavy (non-hydrogen) atoms. The van der Waals surface area contributed by atoms with E-state index in [1.165, 1.54) is 103 Å². The molecule has 0 fully saturated rings. The van der Waals surface area contributed by atoms with Gasteiger partial charge in [0.15, 0.2) is 10.1 Å². The Kier molecular flexibility index (Phi) is 27.1. The Bertz CT molecular complexity index is 608. The number of hydrogen-bond donors (Lipinski definition) is 2. The topological polar surface area (TPSA) is 49.7 Å². The first-order valence-corrected chi connectivity index (χ1v) is 18.8. The van der Waals surface area contributed by atoms with Gasteiger partial charge in [0.05, 0.1) is 5.41 Å². The number of aliphatic hydroxyl groups is 2. The van der Waals surface area contributed by atoms with Crippen molar-refractivity contribution < 1.29 is 14.9 Å². The van der Waals surface area contributed by atoms with E-state index in [1.807, 2.05) is 0 Å². The standard InChI is InChI=1S/C36H70O3S2/c1-5-9-13-17-21-25-29-35(33(37)40,30-26-22-18-14-10-6-2)36(34(38)41,31-27-23-19-15-11-7-3)39-32-28-24-20-16-12-8-4/h5-32H2,1-4H3,(H,37,40)(H,38,41). The van der Waals surface area contributed by atoms with Crippen LogP contribution in [0.25, 0.3) is 0 Å². The number of thiocarbonyl (C=S) groups is 2. The van der Waals surface area contributed by atoms with Gasteiger partial charge in [0.1, 0.15) is 5.60 Å². The van der Waals surface area contributed by atoms with Gasteiger partial charge in [-0.2, -0.15) is 0 Å². The molecule has 0 radical (unpaired) electrons. The predicted molar refractivity (Wildman–Crippen MR) is 189 cm³/mol. The lowest BCUT2D eigenvalue weighted by Crippen LogP contribution is -2.59. The molecule has 0 heterocycles. The van der Waals surface area contributed by atoms with Crippen molar-refractivity contribution in [3.05, 3.63) is 0 Å². The minimum atomic E-state index is -1.09. The van der Waals surface area contributed by atoms with Crippen LogP contribution in [0.5, 0.6) is 0 Å². The average molecular weight is 615 g/mol. The Hall–Kier alpha value is -0.260. The van der Waals surface area contributed by atoms with Crippen LogP contribution in [0.1, 0.15) is 201 Å². The van der Waals surface area contributed by atoms with Crippen LogP contribution >= 0.6 is 24.4 Å². The average Bonchev–Trinajstić information content (AvgIpc) is 2.95. The molecule has 0 bridgehead atoms. The summed E-state index contributed by atoms with van der Waals surface area (Å²) in [5.74, 6) is 0. The molecule has 0 saturated carbocycles. The number of rotatable bonds is 32. The Morgan fingerprint density at radius 3 is 1.10 bits per heavy atom. The van der Waals surface area contributed by atoms with E-state index in [0.717, 1.165) is 64.2 Å². The van der Waals surface area contributed by atoms with Gasteiger partial charge in [-0.05, 0) is 50.1 Å². The molecule has 0 aromatic heterocycles. The summed E-state index contributed by atoms with van der Waals surface area (Å²) in [4.78, 5) is 0. The number of ether oxygens (including phenoxy) is 1. The van der Waals surface area contributed by atoms with Crippen molar-refractivity contribution in [2.24, 2.45) is 5.41 Å². The van der Waals surface area contributed by atoms with Crippen LogP contribution in [0.3, 0.4) is 0 Å². The van der Waals surface area contributed by atoms with E-state index in [-0.39, 0.29) is 10.1 Å². The Morgan fingerprint density at radius 2 is 0.756 bits per heavy atom. The van der Waals surface area contributed by atoms with Crippen molar-refractivity contribution in [1.82, 2.24) is 0 Å². The van der Waals surface area contributed by atoms with Crippen LogP contribution in [-0.4, -0.2) is 32.5 Å². The molecule has 0 aliphatic heterocycles. The van der Waals surface area contributed by atoms with E-state index in [2.05, 4.69) is 27.7 Å². The van der Waals surface area contributed by atoms with E-state index in [9.17, 15) is 10.2 Å². The zero-order valence-corrected chi connectivity index (χ0v) is 29.6. The molecule has 0 saturated heterocycles. The van der Waals surface area contributed by atoms with Gasteiger partial charge >= 0.3 is 0 Å². The molecular formula is C36H70O3S2. The fourth-order valence-electron chi connectivity index (χ4n) is 6.44. The highest BCUT2D eigenvalue weighted by Gasteiger charge is 2.57. The zero-order chi connectivity index (χ0) is 30.7. The zero-order valence-electron chi connectivity index (χ0n) is 27.9. The molecule has 5 heteroatoms. The highest BCUT2D eigenvalue weighted by atomic mass is 32.1. The molecule has 1 unspecified atom stereocenters. The molecule has 0 aliphatic carbocycles. The maximum absolute atomic E-state index is 11.4. The largest absolute Gasteiger partial charge is 0.501 e. The monoisotopic (exact) mass is 614 g/mol. The molecule has 0 spiro atoms. The predicted octanol–water partition coefficient (Wildman–Crippen LogP) is 13.1. The second kappa shape index (κ2) is 27.3. The normalized spacial score (nSPS) is 13.4. The lowest BCUT2D eigenvalue weighted by atomic mass is 9.64. The summed E-state index contributed by atoms with van der Waals surface area (Å²) in [7, 11) is 0. The first-order chi connectivity index (χ1) is 19.9. The second-order valence-electron chi connectivity index (χ2n) is 12.7. The maximum Gasteiger partial charge on any atom is 0.190 e. The first kappa shape index (κ1) is 40.7. The summed E-state index contributed by atoms with van der Waals surface area (Å²) in [6, 6.07) is 0. The van der Waals surface area contributed by atoms with Gasteiger partial charge in [-0.3, -0.25) is 0 Å². The SMILES string of the molecule is CCCCCCCCOC(CCCCCCCC)(C(O)=S)C(CCCCCCCC)(CCCCCCCC)C(O)=S. The third-order valence-corrected chi connectivity index (χ3v) is 9.89. The van der Waals surface area contributed by atoms with Crippen molar-refractivity contribution in [2.45, 2.75) is 207 Å². The first-order valence-electron chi connectivity index (χ1n) is 18.0. The van der Waals surface area contributed by atoms with Crippen LogP contribution < -0.4 is 0 Å². The summed E-state index contributed by atoms with van der Waals surface area (Å²) in [6.07, 6.45) is 30.2. The van der Waals surface area contributed by atoms with Gasteiger partial charge in [-0.15, -0.1) is 0 Å². The van der Waals surface area contributed by atoms with Crippen LogP contribution in [0.15, 0.2) is 0 Å². The minimum absolute atomic E-state index is 0.00458. The van der Waals surface area contributed by atoms with Crippen LogP contribution in [0.4, 0.5) is 0 Å². The van der Waals surface area contributed by atoms with Crippen molar-refractivity contribution in [3.63, 3.8) is 0 Å². The van der Waals surface area contributed by atoms with Crippen molar-refractivity contribution in [1.29, 1.82) is 0 Å². The van der Waals surface area contributed by atoms with E-state index in [1.54, 1.807) is 0 Å². The van der Waals surface area contributed by atoms with E-state index < -0.39 is 11.0 Å². The smallest absolute Gasteiger partial charge is 0.190 e. The molecule has 1 atom stereocenters. The van der Waals surface area contributed by atoms with Gasteiger partial charge in [0.25, 0.3) is 0 Å². The summed E-state index contributed by atoms with van der Waals surface area (Å²) >= 11 is 11.4. The van der Waals surface area contributed by atoms with Crippen molar-refractivity contribution in [3.8, 4) is 0 Å². The molecule has 0 aliphatic rings. The Labute approximate surface area is 267 Å². The third-order valence-electron chi connectivity index (χ3n) is 9.17. The number of aliphatic hydroxyl groups excluding tert-OH is 2. The number of unbranched alkanes of at least 4 members (excludes halogenated alkanes) is 20. The van der Waals surface area contributed by atoms with Crippen LogP contribution in [-0.2, 0) is 4.74 Å². The van der Waals surface area contributed by atoms with Gasteiger partial charge in [0.2, 0.25) is 0 Å². The maximum atomic E-state index is 11.4. The highest BCUT2D eigenvalue weighted by molar-refractivity contribution is 7.80. The van der Waals surface area contributed by atoms with Crippen molar-refractivity contribution in [2.75, 3.05) is 6.61 Å². The molecule has 244 valence electrons. The lowest BCUT2D eigenvalue weighted by molar-refractivity contribution is -0.0857. The summed E-state index contributed by atoms with van der Waals surface area (Å²) < 4.78 is 6.80. The molecule has 0 aromatic carbocycles. The fourth-order valence-corrected chi connectivity index (χ4v) is 7.16. The van der Waals surface area contributed by atoms with Gasteiger partial charge in [0, 0.05) is 6.61 Å². The Morgan fingerprint density at radius 1 is 0.439 bits per heavy atom. The fraction of sp³-hybridized carbons (Fsp3) is 0.944. The molecule has 2 N–H and O–H groups in total. The summed E-state index contributed by atoms with van der Waals surface area (Å²) in [6.45, 7) is 9.53. The second-order valence-corrected chi connectivity index (χ2v) is 13.5. The van der Waals surface area contributed by atoms with Crippen LogP contribution in [0.2, 0.25) is 0 Å². The minimum Gasteiger partial charge on any atom is -0.501 e. The molecule has 0 amide bonds. The van der Waals surface area contributed by atoms with Gasteiger partial charge in [-0.25, -0.2) is 0 Å². The number of hydrogen-bond acceptors (Lipinski definition) is 3. The van der Waals surface area contributed by atoms with E-state index in [0.29, 0.717) is 13.0 Å². The Balaban J connectivity index is 5.98. The quantitative estimate of drug-likeness (QED) is 0.0583. The lowest BCUT2D eigenvalue weighted by Gasteiger charge is -2.48. The van der Waals surface area contributed by atoms with Crippen LogP contribution in [0, 0.1) is 5.41 Å². The summed E-state index contributed by atoms with van der Waals surface area (Å²) in [5.41, 5.74) is -1.90. The molecular weight excluding hydrogens is 545 g/mol. The third kappa shape index (κ3) is 17.0. The summed E-state index contributed by atoms with van der Waals surface area (Å²) in [5, 5.41) is 22.6.